The molecule has 1 N–H and O–H groups in total. The Hall–Kier alpha value is -3.54. The molecule has 182 valence electrons. The summed E-state index contributed by atoms with van der Waals surface area (Å²) in [5, 5.41) is 15.2. The molecular weight excluding hydrogens is 496 g/mol. The third-order valence-corrected chi connectivity index (χ3v) is 7.78. The number of hydrogen-bond donors (Lipinski definition) is 1. The summed E-state index contributed by atoms with van der Waals surface area (Å²) in [5.41, 5.74) is 3.73. The molecule has 1 atom stereocenters. The van der Waals surface area contributed by atoms with Gasteiger partial charge in [0.05, 0.1) is 16.0 Å². The molecule has 1 fully saturated rings. The summed E-state index contributed by atoms with van der Waals surface area (Å²) < 4.78 is 32.9. The maximum atomic E-state index is 13.0. The number of halogens is 1. The first-order chi connectivity index (χ1) is 16.7. The van der Waals surface area contributed by atoms with Gasteiger partial charge >= 0.3 is 0 Å². The van der Waals surface area contributed by atoms with E-state index in [2.05, 4.69) is 10.5 Å². The van der Waals surface area contributed by atoms with Crippen LogP contribution >= 0.6 is 11.6 Å². The molecule has 0 aliphatic carbocycles. The van der Waals surface area contributed by atoms with Gasteiger partial charge in [0.15, 0.2) is 0 Å². The van der Waals surface area contributed by atoms with Gasteiger partial charge in [-0.05, 0) is 67.8 Å². The van der Waals surface area contributed by atoms with Crippen LogP contribution in [0.5, 0.6) is 0 Å². The predicted molar refractivity (Wildman–Crippen MR) is 130 cm³/mol. The van der Waals surface area contributed by atoms with Crippen molar-refractivity contribution in [2.24, 2.45) is 5.10 Å². The molecule has 12 heteroatoms. The lowest BCUT2D eigenvalue weighted by Gasteiger charge is -2.22. The zero-order chi connectivity index (χ0) is 25.2. The average Bonchev–Trinajstić information content (AvgIpc) is 3.49. The van der Waals surface area contributed by atoms with Crippen LogP contribution in [0, 0.1) is 17.0 Å². The zero-order valence-corrected chi connectivity index (χ0v) is 20.1. The second-order valence-corrected chi connectivity index (χ2v) is 10.2. The molecule has 0 unspecified atom stereocenters. The van der Waals surface area contributed by atoms with Gasteiger partial charge in [0.1, 0.15) is 17.6 Å². The highest BCUT2D eigenvalue weighted by Crippen LogP contribution is 2.29. The van der Waals surface area contributed by atoms with Crippen LogP contribution in [0.1, 0.15) is 24.2 Å². The molecule has 0 saturated carbocycles. The van der Waals surface area contributed by atoms with Crippen LogP contribution in [0.15, 0.2) is 69.0 Å². The molecule has 2 heterocycles. The highest BCUT2D eigenvalue weighted by molar-refractivity contribution is 7.89. The first-order valence-electron chi connectivity index (χ1n) is 10.6. The van der Waals surface area contributed by atoms with E-state index in [-0.39, 0.29) is 17.1 Å². The summed E-state index contributed by atoms with van der Waals surface area (Å²) in [4.78, 5) is 23.2. The van der Waals surface area contributed by atoms with E-state index in [4.69, 9.17) is 16.0 Å². The molecule has 2 aromatic carbocycles. The van der Waals surface area contributed by atoms with Gasteiger partial charge in [0.25, 0.3) is 11.6 Å². The van der Waals surface area contributed by atoms with Crippen LogP contribution in [0.3, 0.4) is 0 Å². The molecule has 3 aromatic rings. The standard InChI is InChI=1S/C23H21ClN4O6S/c1-15-13-17(28(30)31)6-10-20(15)22-11-7-18(34-22)14-25-26-23(29)21-3-2-12-27(21)35(32,33)19-8-4-16(24)5-9-19/h4-11,13-14,21H,2-3,12H2,1H3,(H,26,29)/b25-14-/t21-/m1/s1. The molecular formula is C23H21ClN4O6S. The third kappa shape index (κ3) is 5.26. The Morgan fingerprint density at radius 3 is 2.66 bits per heavy atom. The van der Waals surface area contributed by atoms with E-state index < -0.39 is 26.9 Å². The number of rotatable bonds is 7. The number of furan rings is 1. The van der Waals surface area contributed by atoms with Crippen molar-refractivity contribution < 1.29 is 22.6 Å². The van der Waals surface area contributed by atoms with E-state index in [1.54, 1.807) is 25.1 Å². The number of non-ortho nitro benzene ring substituents is 1. The lowest BCUT2D eigenvalue weighted by molar-refractivity contribution is -0.384. The molecule has 4 rings (SSSR count). The number of carbonyl (C=O) groups is 1. The van der Waals surface area contributed by atoms with Gasteiger partial charge in [-0.15, -0.1) is 0 Å². The number of nitrogens with zero attached hydrogens (tertiary/aromatic N) is 3. The fourth-order valence-corrected chi connectivity index (χ4v) is 5.65. The summed E-state index contributed by atoms with van der Waals surface area (Å²) in [6.07, 6.45) is 2.22. The lowest BCUT2D eigenvalue weighted by Crippen LogP contribution is -2.44. The lowest BCUT2D eigenvalue weighted by atomic mass is 10.1. The minimum absolute atomic E-state index is 0.0127. The number of nitro benzene ring substituents is 1. The maximum absolute atomic E-state index is 13.0. The highest BCUT2D eigenvalue weighted by Gasteiger charge is 2.39. The number of aryl methyl sites for hydroxylation is 1. The quantitative estimate of drug-likeness (QED) is 0.285. The molecule has 0 spiro atoms. The monoisotopic (exact) mass is 516 g/mol. The number of hydrazone groups is 1. The SMILES string of the molecule is Cc1cc([N+](=O)[O-])ccc1-c1ccc(/C=N\NC(=O)[C@H]2CCCN2S(=O)(=O)c2ccc(Cl)cc2)o1. The topological polar surface area (TPSA) is 135 Å². The number of benzene rings is 2. The van der Waals surface area contributed by atoms with Gasteiger partial charge in [0.2, 0.25) is 10.0 Å². The van der Waals surface area contributed by atoms with E-state index in [9.17, 15) is 23.3 Å². The molecule has 35 heavy (non-hydrogen) atoms. The molecule has 10 nitrogen and oxygen atoms in total. The average molecular weight is 517 g/mol. The predicted octanol–water partition coefficient (Wildman–Crippen LogP) is 4.12. The van der Waals surface area contributed by atoms with Crippen LogP contribution in [-0.2, 0) is 14.8 Å². The molecule has 1 saturated heterocycles. The van der Waals surface area contributed by atoms with Crippen molar-refractivity contribution in [2.75, 3.05) is 6.54 Å². The Bertz CT molecular complexity index is 1400. The highest BCUT2D eigenvalue weighted by atomic mass is 35.5. The van der Waals surface area contributed by atoms with E-state index in [1.165, 1.54) is 46.9 Å². The second kappa shape index (κ2) is 9.98. The van der Waals surface area contributed by atoms with Crippen molar-refractivity contribution in [1.82, 2.24) is 9.73 Å². The summed E-state index contributed by atoms with van der Waals surface area (Å²) in [7, 11) is -3.87. The first-order valence-corrected chi connectivity index (χ1v) is 12.4. The van der Waals surface area contributed by atoms with Crippen LogP contribution in [0.25, 0.3) is 11.3 Å². The maximum Gasteiger partial charge on any atom is 0.269 e. The molecule has 1 aliphatic rings. The van der Waals surface area contributed by atoms with Gasteiger partial charge in [0, 0.05) is 29.3 Å². The number of hydrogen-bond acceptors (Lipinski definition) is 7. The summed E-state index contributed by atoms with van der Waals surface area (Å²) in [6.45, 7) is 1.97. The van der Waals surface area contributed by atoms with Gasteiger partial charge in [-0.3, -0.25) is 14.9 Å². The van der Waals surface area contributed by atoms with Crippen molar-refractivity contribution in [3.05, 3.63) is 81.1 Å². The van der Waals surface area contributed by atoms with Crippen LogP contribution in [0.2, 0.25) is 5.02 Å². The minimum Gasteiger partial charge on any atom is -0.455 e. The Balaban J connectivity index is 1.43. The van der Waals surface area contributed by atoms with E-state index in [0.29, 0.717) is 40.5 Å². The Morgan fingerprint density at radius 1 is 1.23 bits per heavy atom. The molecule has 1 aliphatic heterocycles. The van der Waals surface area contributed by atoms with Crippen LogP contribution in [-0.4, -0.2) is 42.4 Å². The Kier molecular flexibility index (Phi) is 7.01. The van der Waals surface area contributed by atoms with Crippen molar-refractivity contribution >= 4 is 39.4 Å². The number of nitrogens with one attached hydrogen (secondary N) is 1. The van der Waals surface area contributed by atoms with Crippen molar-refractivity contribution in [1.29, 1.82) is 0 Å². The van der Waals surface area contributed by atoms with E-state index >= 15 is 0 Å². The minimum atomic E-state index is -3.87. The number of carbonyl (C=O) groups excluding carboxylic acids is 1. The van der Waals surface area contributed by atoms with Crippen molar-refractivity contribution in [3.8, 4) is 11.3 Å². The van der Waals surface area contributed by atoms with Crippen LogP contribution < -0.4 is 5.43 Å². The summed E-state index contributed by atoms with van der Waals surface area (Å²) in [6, 6.07) is 12.7. The fourth-order valence-electron chi connectivity index (χ4n) is 3.87. The fraction of sp³-hybridized carbons (Fsp3) is 0.217. The number of amides is 1. The van der Waals surface area contributed by atoms with Gasteiger partial charge in [-0.2, -0.15) is 9.41 Å². The van der Waals surface area contributed by atoms with Gasteiger partial charge in [-0.1, -0.05) is 11.6 Å². The zero-order valence-electron chi connectivity index (χ0n) is 18.5. The first kappa shape index (κ1) is 24.6. The Morgan fingerprint density at radius 2 is 1.97 bits per heavy atom. The molecule has 1 amide bonds. The summed E-state index contributed by atoms with van der Waals surface area (Å²) >= 11 is 5.85. The smallest absolute Gasteiger partial charge is 0.269 e. The van der Waals surface area contributed by atoms with Crippen LogP contribution in [0.4, 0.5) is 5.69 Å². The van der Waals surface area contributed by atoms with E-state index in [1.807, 2.05) is 0 Å². The largest absolute Gasteiger partial charge is 0.455 e. The second-order valence-electron chi connectivity index (χ2n) is 7.92. The van der Waals surface area contributed by atoms with Crippen molar-refractivity contribution in [2.45, 2.75) is 30.7 Å². The number of nitro groups is 1. The van der Waals surface area contributed by atoms with Crippen molar-refractivity contribution in [3.63, 3.8) is 0 Å². The number of sulfonamides is 1. The van der Waals surface area contributed by atoms with Gasteiger partial charge < -0.3 is 4.42 Å². The van der Waals surface area contributed by atoms with E-state index in [0.717, 1.165) is 0 Å². The van der Waals surface area contributed by atoms with Gasteiger partial charge in [-0.25, -0.2) is 13.8 Å². The molecule has 0 bridgehead atoms. The summed E-state index contributed by atoms with van der Waals surface area (Å²) in [5.74, 6) is 0.283. The Labute approximate surface area is 206 Å². The third-order valence-electron chi connectivity index (χ3n) is 5.61. The molecule has 1 aromatic heterocycles. The normalized spacial score (nSPS) is 16.6. The molecule has 0 radical (unpaired) electrons.